The highest BCUT2D eigenvalue weighted by molar-refractivity contribution is 5.91. The molecule has 3 fully saturated rings. The van der Waals surface area contributed by atoms with Crippen LogP contribution in [0, 0.1) is 5.92 Å². The average molecular weight is 252 g/mol. The molecular weight excluding hydrogens is 228 g/mol. The predicted octanol–water partition coefficient (Wildman–Crippen LogP) is 1.50. The molecule has 4 heteroatoms. The Kier molecular flexibility index (Phi) is 3.32. The molecule has 2 heterocycles. The van der Waals surface area contributed by atoms with E-state index in [9.17, 15) is 4.79 Å². The lowest BCUT2D eigenvalue weighted by atomic mass is 10.0. The van der Waals surface area contributed by atoms with Gasteiger partial charge in [-0.15, -0.1) is 0 Å². The van der Waals surface area contributed by atoms with E-state index in [1.165, 1.54) is 6.42 Å². The van der Waals surface area contributed by atoms with Gasteiger partial charge in [0, 0.05) is 19.8 Å². The van der Waals surface area contributed by atoms with Crippen molar-refractivity contribution in [3.05, 3.63) is 0 Å². The van der Waals surface area contributed by atoms with Gasteiger partial charge in [-0.1, -0.05) is 13.3 Å². The van der Waals surface area contributed by atoms with E-state index in [-0.39, 0.29) is 11.7 Å². The maximum atomic E-state index is 12.4. The Labute approximate surface area is 109 Å². The van der Waals surface area contributed by atoms with Gasteiger partial charge in [-0.05, 0) is 38.0 Å². The first-order valence-electron chi connectivity index (χ1n) is 7.42. The topological polar surface area (TPSA) is 41.6 Å². The van der Waals surface area contributed by atoms with Gasteiger partial charge >= 0.3 is 0 Å². The van der Waals surface area contributed by atoms with E-state index < -0.39 is 0 Å². The number of nitrogens with zero attached hydrogens (tertiary/aromatic N) is 1. The minimum Gasteiger partial charge on any atom is -0.381 e. The maximum absolute atomic E-state index is 12.4. The van der Waals surface area contributed by atoms with Crippen LogP contribution in [-0.4, -0.2) is 42.3 Å². The lowest BCUT2D eigenvalue weighted by Gasteiger charge is -2.24. The van der Waals surface area contributed by atoms with Crippen molar-refractivity contribution >= 4 is 5.91 Å². The van der Waals surface area contributed by atoms with E-state index in [0.29, 0.717) is 11.8 Å². The highest BCUT2D eigenvalue weighted by Gasteiger charge is 2.58. The van der Waals surface area contributed by atoms with Crippen molar-refractivity contribution in [3.8, 4) is 0 Å². The minimum atomic E-state index is -0.147. The van der Waals surface area contributed by atoms with Crippen LogP contribution in [0.4, 0.5) is 0 Å². The number of hydrogen-bond donors (Lipinski definition) is 1. The molecule has 2 atom stereocenters. The fourth-order valence-electron chi connectivity index (χ4n) is 3.25. The van der Waals surface area contributed by atoms with Gasteiger partial charge in [0.25, 0.3) is 0 Å². The number of rotatable bonds is 5. The normalized spacial score (nSPS) is 33.6. The summed E-state index contributed by atoms with van der Waals surface area (Å²) in [6, 6.07) is 0. The molecule has 2 saturated heterocycles. The Morgan fingerprint density at radius 3 is 2.89 bits per heavy atom. The second-order valence-electron chi connectivity index (χ2n) is 6.05. The zero-order valence-electron chi connectivity index (χ0n) is 11.3. The third-order valence-corrected chi connectivity index (χ3v) is 4.60. The highest BCUT2D eigenvalue weighted by atomic mass is 16.5. The molecule has 1 amide bonds. The number of carbonyl (C=O) groups is 1. The number of nitrogens with one attached hydrogen (secondary N) is 1. The Bertz CT molecular complexity index is 322. The Balaban J connectivity index is 1.58. The largest absolute Gasteiger partial charge is 0.381 e. The van der Waals surface area contributed by atoms with Gasteiger partial charge in [0.2, 0.25) is 5.91 Å². The van der Waals surface area contributed by atoms with Crippen LogP contribution in [0.1, 0.15) is 45.4 Å². The molecule has 2 unspecified atom stereocenters. The standard InChI is InChI=1S/C14H24N2O2/c1-2-3-12-15-14(6-7-14)13(17)16(12)8-4-11-5-9-18-10-11/h11-12,15H,2-10H2,1H3. The van der Waals surface area contributed by atoms with Gasteiger partial charge in [-0.3, -0.25) is 10.1 Å². The molecule has 18 heavy (non-hydrogen) atoms. The van der Waals surface area contributed by atoms with Crippen LogP contribution in [0.3, 0.4) is 0 Å². The number of amides is 1. The van der Waals surface area contributed by atoms with Crippen molar-refractivity contribution in [2.45, 2.75) is 57.2 Å². The molecule has 3 aliphatic rings. The zero-order chi connectivity index (χ0) is 12.6. The lowest BCUT2D eigenvalue weighted by Crippen LogP contribution is -2.38. The first-order chi connectivity index (χ1) is 8.75. The zero-order valence-corrected chi connectivity index (χ0v) is 11.3. The maximum Gasteiger partial charge on any atom is 0.244 e. The first-order valence-corrected chi connectivity index (χ1v) is 7.42. The molecule has 0 aromatic heterocycles. The molecule has 4 nitrogen and oxygen atoms in total. The molecule has 0 aromatic carbocycles. The molecule has 1 aliphatic carbocycles. The van der Waals surface area contributed by atoms with Gasteiger partial charge in [-0.25, -0.2) is 0 Å². The summed E-state index contributed by atoms with van der Waals surface area (Å²) in [7, 11) is 0. The smallest absolute Gasteiger partial charge is 0.244 e. The van der Waals surface area contributed by atoms with Gasteiger partial charge in [0.15, 0.2) is 0 Å². The fourth-order valence-corrected chi connectivity index (χ4v) is 3.25. The molecule has 0 radical (unpaired) electrons. The van der Waals surface area contributed by atoms with E-state index in [2.05, 4.69) is 17.1 Å². The molecule has 2 aliphatic heterocycles. The SMILES string of the molecule is CCCC1NC2(CC2)C(=O)N1CCC1CCOC1. The molecule has 0 bridgehead atoms. The minimum absolute atomic E-state index is 0.147. The van der Waals surface area contributed by atoms with Crippen molar-refractivity contribution in [2.24, 2.45) is 5.92 Å². The summed E-state index contributed by atoms with van der Waals surface area (Å²) in [5, 5.41) is 3.56. The Morgan fingerprint density at radius 2 is 2.28 bits per heavy atom. The second kappa shape index (κ2) is 4.82. The van der Waals surface area contributed by atoms with Gasteiger partial charge in [0.1, 0.15) is 0 Å². The van der Waals surface area contributed by atoms with E-state index in [4.69, 9.17) is 4.74 Å². The van der Waals surface area contributed by atoms with Crippen molar-refractivity contribution < 1.29 is 9.53 Å². The number of ether oxygens (including phenoxy) is 1. The van der Waals surface area contributed by atoms with Crippen LogP contribution in [0.15, 0.2) is 0 Å². The predicted molar refractivity (Wildman–Crippen MR) is 69.1 cm³/mol. The third kappa shape index (κ3) is 2.16. The van der Waals surface area contributed by atoms with Crippen LogP contribution in [0.25, 0.3) is 0 Å². The van der Waals surface area contributed by atoms with E-state index in [1.807, 2.05) is 0 Å². The van der Waals surface area contributed by atoms with Gasteiger partial charge < -0.3 is 9.64 Å². The van der Waals surface area contributed by atoms with Crippen LogP contribution in [0.2, 0.25) is 0 Å². The monoisotopic (exact) mass is 252 g/mol. The van der Waals surface area contributed by atoms with Crippen LogP contribution in [-0.2, 0) is 9.53 Å². The molecule has 0 aromatic rings. The van der Waals surface area contributed by atoms with E-state index in [1.54, 1.807) is 0 Å². The quantitative estimate of drug-likeness (QED) is 0.806. The van der Waals surface area contributed by atoms with Crippen LogP contribution in [0.5, 0.6) is 0 Å². The van der Waals surface area contributed by atoms with Gasteiger partial charge in [-0.2, -0.15) is 0 Å². The van der Waals surface area contributed by atoms with Crippen molar-refractivity contribution in [3.63, 3.8) is 0 Å². The van der Waals surface area contributed by atoms with Crippen LogP contribution < -0.4 is 5.32 Å². The molecule has 1 N–H and O–H groups in total. The lowest BCUT2D eigenvalue weighted by molar-refractivity contribution is -0.131. The summed E-state index contributed by atoms with van der Waals surface area (Å²) in [6.45, 7) is 4.89. The summed E-state index contributed by atoms with van der Waals surface area (Å²) in [5.41, 5.74) is -0.147. The van der Waals surface area contributed by atoms with Crippen molar-refractivity contribution in [1.29, 1.82) is 0 Å². The number of carbonyl (C=O) groups excluding carboxylic acids is 1. The molecule has 3 rings (SSSR count). The fraction of sp³-hybridized carbons (Fsp3) is 0.929. The average Bonchev–Trinajstić information content (AvgIpc) is 2.86. The summed E-state index contributed by atoms with van der Waals surface area (Å²) < 4.78 is 5.41. The summed E-state index contributed by atoms with van der Waals surface area (Å²) in [4.78, 5) is 14.5. The molecule has 102 valence electrons. The Hall–Kier alpha value is -0.610. The summed E-state index contributed by atoms with van der Waals surface area (Å²) in [6.07, 6.45) is 6.83. The van der Waals surface area contributed by atoms with Crippen molar-refractivity contribution in [1.82, 2.24) is 10.2 Å². The highest BCUT2D eigenvalue weighted by Crippen LogP contribution is 2.42. The van der Waals surface area contributed by atoms with Crippen molar-refractivity contribution in [2.75, 3.05) is 19.8 Å². The van der Waals surface area contributed by atoms with E-state index >= 15 is 0 Å². The third-order valence-electron chi connectivity index (χ3n) is 4.60. The first kappa shape index (κ1) is 12.4. The summed E-state index contributed by atoms with van der Waals surface area (Å²) >= 11 is 0. The molecule has 1 saturated carbocycles. The van der Waals surface area contributed by atoms with E-state index in [0.717, 1.165) is 51.9 Å². The number of hydrogen-bond acceptors (Lipinski definition) is 3. The molecular formula is C14H24N2O2. The summed E-state index contributed by atoms with van der Waals surface area (Å²) in [5.74, 6) is 1.02. The van der Waals surface area contributed by atoms with Gasteiger partial charge in [0.05, 0.1) is 11.7 Å². The van der Waals surface area contributed by atoms with Crippen LogP contribution >= 0.6 is 0 Å². The second-order valence-corrected chi connectivity index (χ2v) is 6.05. The molecule has 1 spiro atoms. The Morgan fingerprint density at radius 1 is 1.44 bits per heavy atom.